The fourth-order valence-electron chi connectivity index (χ4n) is 1.51. The van der Waals surface area contributed by atoms with Crippen LogP contribution in [-0.2, 0) is 12.6 Å². The summed E-state index contributed by atoms with van der Waals surface area (Å²) >= 11 is 0. The highest BCUT2D eigenvalue weighted by molar-refractivity contribution is 5.38. The van der Waals surface area contributed by atoms with Crippen molar-refractivity contribution in [2.24, 2.45) is 0 Å². The van der Waals surface area contributed by atoms with Crippen molar-refractivity contribution in [1.82, 2.24) is 0 Å². The molecule has 1 saturated carbocycles. The molecule has 1 fully saturated rings. The Balaban J connectivity index is 2.26. The summed E-state index contributed by atoms with van der Waals surface area (Å²) in [5.74, 6) is 0.595. The zero-order valence-electron chi connectivity index (χ0n) is 8.97. The number of ether oxygens (including phenoxy) is 1. The average Bonchev–Trinajstić information content (AvgIpc) is 3.00. The van der Waals surface area contributed by atoms with Crippen LogP contribution >= 0.6 is 0 Å². The molecule has 0 saturated heterocycles. The zero-order valence-corrected chi connectivity index (χ0v) is 8.97. The van der Waals surface area contributed by atoms with E-state index in [0.717, 1.165) is 18.9 Å². The smallest absolute Gasteiger partial charge is 0.416 e. The molecule has 1 nitrogen and oxygen atoms in total. The van der Waals surface area contributed by atoms with Crippen LogP contribution in [0.1, 0.15) is 30.9 Å². The van der Waals surface area contributed by atoms with E-state index in [-0.39, 0.29) is 6.10 Å². The Labute approximate surface area is 92.2 Å². The van der Waals surface area contributed by atoms with E-state index < -0.39 is 11.7 Å². The molecule has 1 aromatic carbocycles. The molecule has 0 unspecified atom stereocenters. The molecular formula is C12H13F3O. The molecule has 0 heterocycles. The number of benzene rings is 1. The molecular weight excluding hydrogens is 217 g/mol. The van der Waals surface area contributed by atoms with Crippen LogP contribution in [0.25, 0.3) is 0 Å². The number of halogens is 3. The first-order valence-electron chi connectivity index (χ1n) is 5.37. The van der Waals surface area contributed by atoms with Gasteiger partial charge in [-0.2, -0.15) is 13.2 Å². The van der Waals surface area contributed by atoms with Crippen molar-refractivity contribution in [2.45, 2.75) is 38.5 Å². The summed E-state index contributed by atoms with van der Waals surface area (Å²) in [7, 11) is 0. The highest BCUT2D eigenvalue weighted by atomic mass is 19.4. The predicted molar refractivity (Wildman–Crippen MR) is 54.5 cm³/mol. The lowest BCUT2D eigenvalue weighted by Gasteiger charge is -2.13. The maximum Gasteiger partial charge on any atom is 0.416 e. The molecule has 1 aliphatic rings. The minimum Gasteiger partial charge on any atom is -0.490 e. The quantitative estimate of drug-likeness (QED) is 0.767. The Morgan fingerprint density at radius 2 is 2.00 bits per heavy atom. The van der Waals surface area contributed by atoms with Crippen molar-refractivity contribution in [2.75, 3.05) is 0 Å². The summed E-state index contributed by atoms with van der Waals surface area (Å²) in [4.78, 5) is 0. The highest BCUT2D eigenvalue weighted by Crippen LogP contribution is 2.35. The molecule has 0 radical (unpaired) electrons. The van der Waals surface area contributed by atoms with Gasteiger partial charge in [0, 0.05) is 0 Å². The van der Waals surface area contributed by atoms with E-state index in [1.807, 2.05) is 6.92 Å². The average molecular weight is 230 g/mol. The van der Waals surface area contributed by atoms with E-state index >= 15 is 0 Å². The van der Waals surface area contributed by atoms with E-state index in [1.165, 1.54) is 12.1 Å². The first kappa shape index (κ1) is 11.3. The standard InChI is InChI=1S/C12H13F3O/c1-2-8-7-9(12(13,14)15)3-6-11(8)16-10-4-5-10/h3,6-7,10H,2,4-5H2,1H3. The first-order valence-corrected chi connectivity index (χ1v) is 5.37. The first-order chi connectivity index (χ1) is 7.50. The third kappa shape index (κ3) is 2.49. The Kier molecular flexibility index (Phi) is 2.82. The Hall–Kier alpha value is -1.19. The van der Waals surface area contributed by atoms with Gasteiger partial charge in [0.2, 0.25) is 0 Å². The van der Waals surface area contributed by atoms with Crippen LogP contribution in [0.3, 0.4) is 0 Å². The van der Waals surface area contributed by atoms with Crippen molar-refractivity contribution >= 4 is 0 Å². The highest BCUT2D eigenvalue weighted by Gasteiger charge is 2.31. The van der Waals surface area contributed by atoms with Crippen LogP contribution in [-0.4, -0.2) is 6.10 Å². The van der Waals surface area contributed by atoms with Gasteiger partial charge in [0.25, 0.3) is 0 Å². The van der Waals surface area contributed by atoms with Gasteiger partial charge in [-0.15, -0.1) is 0 Å². The molecule has 1 aromatic rings. The fraction of sp³-hybridized carbons (Fsp3) is 0.500. The lowest BCUT2D eigenvalue weighted by Crippen LogP contribution is -2.07. The predicted octanol–water partition coefficient (Wildman–Crippen LogP) is 3.81. The number of hydrogen-bond acceptors (Lipinski definition) is 1. The molecule has 0 amide bonds. The lowest BCUT2D eigenvalue weighted by molar-refractivity contribution is -0.137. The lowest BCUT2D eigenvalue weighted by atomic mass is 10.1. The van der Waals surface area contributed by atoms with Crippen molar-refractivity contribution < 1.29 is 17.9 Å². The number of rotatable bonds is 3. The Morgan fingerprint density at radius 1 is 1.31 bits per heavy atom. The third-order valence-corrected chi connectivity index (χ3v) is 2.59. The van der Waals surface area contributed by atoms with E-state index in [9.17, 15) is 13.2 Å². The monoisotopic (exact) mass is 230 g/mol. The second-order valence-electron chi connectivity index (χ2n) is 3.99. The Bertz CT molecular complexity index is 380. The minimum atomic E-state index is -4.28. The number of alkyl halides is 3. The number of hydrogen-bond donors (Lipinski definition) is 0. The molecule has 0 bridgehead atoms. The van der Waals surface area contributed by atoms with Gasteiger partial charge in [0.1, 0.15) is 5.75 Å². The van der Waals surface area contributed by atoms with Gasteiger partial charge >= 0.3 is 6.18 Å². The molecule has 16 heavy (non-hydrogen) atoms. The maximum atomic E-state index is 12.5. The van der Waals surface area contributed by atoms with E-state index in [2.05, 4.69) is 0 Å². The molecule has 0 spiro atoms. The normalized spacial score (nSPS) is 16.2. The molecule has 0 N–H and O–H groups in total. The van der Waals surface area contributed by atoms with E-state index in [4.69, 9.17) is 4.74 Å². The second-order valence-corrected chi connectivity index (χ2v) is 3.99. The van der Waals surface area contributed by atoms with Crippen molar-refractivity contribution in [3.05, 3.63) is 29.3 Å². The summed E-state index contributed by atoms with van der Waals surface area (Å²) < 4.78 is 43.0. The van der Waals surface area contributed by atoms with Crippen LogP contribution in [0, 0.1) is 0 Å². The number of aryl methyl sites for hydroxylation is 1. The van der Waals surface area contributed by atoms with Gasteiger partial charge < -0.3 is 4.74 Å². The van der Waals surface area contributed by atoms with Gasteiger partial charge in [0.05, 0.1) is 11.7 Å². The van der Waals surface area contributed by atoms with Crippen molar-refractivity contribution in [1.29, 1.82) is 0 Å². The van der Waals surface area contributed by atoms with Gasteiger partial charge in [-0.1, -0.05) is 6.92 Å². The van der Waals surface area contributed by atoms with E-state index in [0.29, 0.717) is 17.7 Å². The molecule has 2 rings (SSSR count). The van der Waals surface area contributed by atoms with Gasteiger partial charge in [-0.05, 0) is 43.0 Å². The summed E-state index contributed by atoms with van der Waals surface area (Å²) in [6, 6.07) is 3.69. The molecule has 1 aliphatic carbocycles. The third-order valence-electron chi connectivity index (χ3n) is 2.59. The summed E-state index contributed by atoms with van der Waals surface area (Å²) in [6.07, 6.45) is -1.51. The fourth-order valence-corrected chi connectivity index (χ4v) is 1.51. The topological polar surface area (TPSA) is 9.23 Å². The van der Waals surface area contributed by atoms with Gasteiger partial charge in [-0.3, -0.25) is 0 Å². The summed E-state index contributed by atoms with van der Waals surface area (Å²) in [6.45, 7) is 1.83. The zero-order chi connectivity index (χ0) is 11.8. The van der Waals surface area contributed by atoms with Crippen LogP contribution in [0.4, 0.5) is 13.2 Å². The minimum absolute atomic E-state index is 0.210. The molecule has 0 aliphatic heterocycles. The summed E-state index contributed by atoms with van der Waals surface area (Å²) in [5, 5.41) is 0. The molecule has 0 aromatic heterocycles. The Morgan fingerprint density at radius 3 is 2.50 bits per heavy atom. The second kappa shape index (κ2) is 4.00. The van der Waals surface area contributed by atoms with Crippen LogP contribution in [0.15, 0.2) is 18.2 Å². The molecule has 0 atom stereocenters. The maximum absolute atomic E-state index is 12.5. The van der Waals surface area contributed by atoms with Crippen LogP contribution in [0.2, 0.25) is 0 Å². The van der Waals surface area contributed by atoms with Gasteiger partial charge in [-0.25, -0.2) is 0 Å². The van der Waals surface area contributed by atoms with Gasteiger partial charge in [0.15, 0.2) is 0 Å². The molecule has 88 valence electrons. The van der Waals surface area contributed by atoms with Crippen molar-refractivity contribution in [3.63, 3.8) is 0 Å². The largest absolute Gasteiger partial charge is 0.490 e. The van der Waals surface area contributed by atoms with Crippen LogP contribution in [0.5, 0.6) is 5.75 Å². The van der Waals surface area contributed by atoms with Crippen molar-refractivity contribution in [3.8, 4) is 5.75 Å². The SMILES string of the molecule is CCc1cc(C(F)(F)F)ccc1OC1CC1. The molecule has 4 heteroatoms. The summed E-state index contributed by atoms with van der Waals surface area (Å²) in [5.41, 5.74) is 0.0224. The van der Waals surface area contributed by atoms with Crippen LogP contribution < -0.4 is 4.74 Å². The van der Waals surface area contributed by atoms with E-state index in [1.54, 1.807) is 0 Å².